The van der Waals surface area contributed by atoms with Crippen LogP contribution in [-0.2, 0) is 6.42 Å². The number of rotatable bonds is 5. The first kappa shape index (κ1) is 14.4. The maximum atomic E-state index is 13.0. The molecule has 2 aromatic heterocycles. The van der Waals surface area contributed by atoms with Crippen LogP contribution in [0.15, 0.2) is 36.8 Å². The summed E-state index contributed by atoms with van der Waals surface area (Å²) in [5, 5.41) is 3.42. The highest BCUT2D eigenvalue weighted by Crippen LogP contribution is 2.20. The van der Waals surface area contributed by atoms with E-state index < -0.39 is 0 Å². The van der Waals surface area contributed by atoms with Crippen LogP contribution < -0.4 is 11.1 Å². The van der Waals surface area contributed by atoms with Gasteiger partial charge in [0.1, 0.15) is 5.82 Å². The fourth-order valence-electron chi connectivity index (χ4n) is 2.07. The zero-order valence-electron chi connectivity index (χ0n) is 11.7. The Kier molecular flexibility index (Phi) is 4.63. The van der Waals surface area contributed by atoms with Gasteiger partial charge in [-0.2, -0.15) is 0 Å². The van der Waals surface area contributed by atoms with Gasteiger partial charge in [0, 0.05) is 24.1 Å². The van der Waals surface area contributed by atoms with Gasteiger partial charge < -0.3 is 11.1 Å². The predicted molar refractivity (Wildman–Crippen MR) is 77.6 cm³/mol. The minimum Gasteiger partial charge on any atom is -0.398 e. The maximum absolute atomic E-state index is 13.0. The Labute approximate surface area is 118 Å². The summed E-state index contributed by atoms with van der Waals surface area (Å²) in [5.74, 6) is -0.335. The normalized spacial score (nSPS) is 12.6. The van der Waals surface area contributed by atoms with Crippen molar-refractivity contribution in [2.75, 3.05) is 5.73 Å². The molecule has 0 spiro atoms. The van der Waals surface area contributed by atoms with Crippen LogP contribution in [0.4, 0.5) is 10.1 Å². The molecule has 106 valence electrons. The lowest BCUT2D eigenvalue weighted by molar-refractivity contribution is 0.464. The van der Waals surface area contributed by atoms with Crippen molar-refractivity contribution in [2.45, 2.75) is 32.4 Å². The number of nitrogen functional groups attached to an aromatic ring is 1. The number of halogens is 1. The molecule has 2 heterocycles. The number of nitrogens with zero attached hydrogens (tertiary/aromatic N) is 2. The summed E-state index contributed by atoms with van der Waals surface area (Å²) in [6.45, 7) is 4.12. The van der Waals surface area contributed by atoms with Crippen molar-refractivity contribution in [1.29, 1.82) is 0 Å². The molecule has 5 heteroatoms. The predicted octanol–water partition coefficient (Wildman–Crippen LogP) is 2.48. The summed E-state index contributed by atoms with van der Waals surface area (Å²) >= 11 is 0. The van der Waals surface area contributed by atoms with Gasteiger partial charge in [-0.3, -0.25) is 9.97 Å². The molecule has 1 atom stereocenters. The second-order valence-electron chi connectivity index (χ2n) is 5.05. The Morgan fingerprint density at radius 3 is 2.65 bits per heavy atom. The third kappa shape index (κ3) is 3.74. The molecule has 0 aliphatic rings. The van der Waals surface area contributed by atoms with E-state index in [0.717, 1.165) is 11.3 Å². The monoisotopic (exact) mass is 274 g/mol. The fourth-order valence-corrected chi connectivity index (χ4v) is 2.07. The second kappa shape index (κ2) is 6.43. The molecule has 0 aliphatic carbocycles. The molecule has 0 saturated heterocycles. The van der Waals surface area contributed by atoms with Gasteiger partial charge in [-0.1, -0.05) is 13.8 Å². The Hall–Kier alpha value is -2.01. The van der Waals surface area contributed by atoms with E-state index >= 15 is 0 Å². The van der Waals surface area contributed by atoms with E-state index in [2.05, 4.69) is 29.1 Å². The van der Waals surface area contributed by atoms with Gasteiger partial charge in [-0.15, -0.1) is 0 Å². The molecule has 2 rings (SSSR count). The minimum atomic E-state index is -0.335. The van der Waals surface area contributed by atoms with E-state index in [9.17, 15) is 4.39 Å². The van der Waals surface area contributed by atoms with E-state index in [1.165, 1.54) is 12.3 Å². The second-order valence-corrected chi connectivity index (χ2v) is 5.05. The van der Waals surface area contributed by atoms with Gasteiger partial charge in [0.2, 0.25) is 0 Å². The molecule has 0 aliphatic heterocycles. The highest BCUT2D eigenvalue weighted by atomic mass is 19.1. The minimum absolute atomic E-state index is 0.0258. The fraction of sp³-hybridized carbons (Fsp3) is 0.333. The van der Waals surface area contributed by atoms with Crippen LogP contribution in [0.1, 0.15) is 31.1 Å². The molecule has 4 nitrogen and oxygen atoms in total. The molecule has 0 bridgehead atoms. The number of pyridine rings is 2. The van der Waals surface area contributed by atoms with Crippen molar-refractivity contribution in [3.05, 3.63) is 53.9 Å². The van der Waals surface area contributed by atoms with E-state index in [0.29, 0.717) is 12.1 Å². The smallest absolute Gasteiger partial charge is 0.141 e. The third-order valence-electron chi connectivity index (χ3n) is 3.01. The number of nitrogens with two attached hydrogens (primary N) is 1. The lowest BCUT2D eigenvalue weighted by atomic mass is 10.0. The molecule has 0 amide bonds. The Morgan fingerprint density at radius 2 is 2.05 bits per heavy atom. The first-order chi connectivity index (χ1) is 9.56. The van der Waals surface area contributed by atoms with Crippen LogP contribution in [0, 0.1) is 5.82 Å². The van der Waals surface area contributed by atoms with E-state index in [1.807, 2.05) is 0 Å². The standard InChI is InChI=1S/C15H19FN4/c1-10(2)20-15(14-4-3-12(16)9-19-14)7-11-8-18-6-5-13(11)17/h3-6,8-10,15,20H,7H2,1-2H3,(H2,17,18). The SMILES string of the molecule is CC(C)NC(Cc1cnccc1N)c1ccc(F)cn1. The van der Waals surface area contributed by atoms with Crippen LogP contribution in [0.3, 0.4) is 0 Å². The van der Waals surface area contributed by atoms with Crippen LogP contribution in [-0.4, -0.2) is 16.0 Å². The number of hydrogen-bond acceptors (Lipinski definition) is 4. The highest BCUT2D eigenvalue weighted by Gasteiger charge is 2.16. The van der Waals surface area contributed by atoms with E-state index in [-0.39, 0.29) is 17.9 Å². The van der Waals surface area contributed by atoms with Crippen molar-refractivity contribution in [2.24, 2.45) is 0 Å². The van der Waals surface area contributed by atoms with E-state index in [4.69, 9.17) is 5.73 Å². The van der Waals surface area contributed by atoms with E-state index in [1.54, 1.807) is 24.5 Å². The molecule has 0 saturated carbocycles. The van der Waals surface area contributed by atoms with Crippen LogP contribution >= 0.6 is 0 Å². The van der Waals surface area contributed by atoms with Gasteiger partial charge in [0.25, 0.3) is 0 Å². The first-order valence-electron chi connectivity index (χ1n) is 6.62. The molecular formula is C15H19FN4. The number of hydrogen-bond donors (Lipinski definition) is 2. The van der Waals surface area contributed by atoms with Crippen LogP contribution in [0.25, 0.3) is 0 Å². The van der Waals surface area contributed by atoms with Crippen molar-refractivity contribution in [3.8, 4) is 0 Å². The van der Waals surface area contributed by atoms with Gasteiger partial charge in [0.15, 0.2) is 0 Å². The van der Waals surface area contributed by atoms with Gasteiger partial charge in [-0.25, -0.2) is 4.39 Å². The van der Waals surface area contributed by atoms with Crippen molar-refractivity contribution >= 4 is 5.69 Å². The third-order valence-corrected chi connectivity index (χ3v) is 3.01. The number of nitrogens with one attached hydrogen (secondary N) is 1. The van der Waals surface area contributed by atoms with Gasteiger partial charge in [-0.05, 0) is 30.2 Å². The molecule has 2 aromatic rings. The zero-order valence-corrected chi connectivity index (χ0v) is 11.7. The first-order valence-corrected chi connectivity index (χ1v) is 6.62. The molecular weight excluding hydrogens is 255 g/mol. The van der Waals surface area contributed by atoms with Crippen molar-refractivity contribution < 1.29 is 4.39 Å². The number of aromatic nitrogens is 2. The summed E-state index contributed by atoms with van der Waals surface area (Å²) in [6.07, 6.45) is 5.32. The average Bonchev–Trinajstić information content (AvgIpc) is 2.41. The lowest BCUT2D eigenvalue weighted by Gasteiger charge is -2.21. The van der Waals surface area contributed by atoms with Crippen molar-refractivity contribution in [1.82, 2.24) is 15.3 Å². The molecule has 20 heavy (non-hydrogen) atoms. The summed E-state index contributed by atoms with van der Waals surface area (Å²) in [7, 11) is 0. The Morgan fingerprint density at radius 1 is 1.25 bits per heavy atom. The topological polar surface area (TPSA) is 63.8 Å². The van der Waals surface area contributed by atoms with Crippen LogP contribution in [0.2, 0.25) is 0 Å². The molecule has 1 unspecified atom stereocenters. The summed E-state index contributed by atoms with van der Waals surface area (Å²) in [5.41, 5.74) is 8.41. The Balaban J connectivity index is 2.24. The number of anilines is 1. The largest absolute Gasteiger partial charge is 0.398 e. The molecule has 0 fully saturated rings. The Bertz CT molecular complexity index is 554. The lowest BCUT2D eigenvalue weighted by Crippen LogP contribution is -2.30. The summed E-state index contributed by atoms with van der Waals surface area (Å²) in [6, 6.07) is 5.15. The summed E-state index contributed by atoms with van der Waals surface area (Å²) in [4.78, 5) is 8.26. The van der Waals surface area contributed by atoms with Crippen LogP contribution in [0.5, 0.6) is 0 Å². The quantitative estimate of drug-likeness (QED) is 0.879. The van der Waals surface area contributed by atoms with Gasteiger partial charge in [0.05, 0.1) is 17.9 Å². The molecule has 0 aromatic carbocycles. The summed E-state index contributed by atoms with van der Waals surface area (Å²) < 4.78 is 13.0. The average molecular weight is 274 g/mol. The maximum Gasteiger partial charge on any atom is 0.141 e. The van der Waals surface area contributed by atoms with Crippen molar-refractivity contribution in [3.63, 3.8) is 0 Å². The highest BCUT2D eigenvalue weighted by molar-refractivity contribution is 5.45. The zero-order chi connectivity index (χ0) is 14.5. The molecule has 3 N–H and O–H groups in total. The van der Waals surface area contributed by atoms with Gasteiger partial charge >= 0.3 is 0 Å². The molecule has 0 radical (unpaired) electrons.